The maximum atomic E-state index is 9.30. The number of aromatic hydroxyl groups is 1. The second-order valence-corrected chi connectivity index (χ2v) is 4.34. The molecule has 16 heavy (non-hydrogen) atoms. The highest BCUT2D eigenvalue weighted by molar-refractivity contribution is 5.70. The molecule has 1 heteroatoms. The van der Waals surface area contributed by atoms with Crippen molar-refractivity contribution in [3.8, 4) is 16.9 Å². The lowest BCUT2D eigenvalue weighted by Crippen LogP contribution is -1.87. The molecule has 1 aliphatic carbocycles. The van der Waals surface area contributed by atoms with Gasteiger partial charge in [0, 0.05) is 0 Å². The molecular weight excluding hydrogens is 196 g/mol. The minimum atomic E-state index is 0.330. The van der Waals surface area contributed by atoms with Crippen molar-refractivity contribution < 1.29 is 5.11 Å². The van der Waals surface area contributed by atoms with Crippen molar-refractivity contribution in [1.29, 1.82) is 0 Å². The quantitative estimate of drug-likeness (QED) is 0.763. The summed E-state index contributed by atoms with van der Waals surface area (Å²) in [4.78, 5) is 0. The van der Waals surface area contributed by atoms with Gasteiger partial charge in [0.05, 0.1) is 0 Å². The van der Waals surface area contributed by atoms with Gasteiger partial charge in [-0.1, -0.05) is 30.3 Å². The third-order valence-electron chi connectivity index (χ3n) is 3.32. The van der Waals surface area contributed by atoms with E-state index in [4.69, 9.17) is 0 Å². The fraction of sp³-hybridized carbons (Fsp3) is 0.200. The van der Waals surface area contributed by atoms with Crippen LogP contribution in [0, 0.1) is 0 Å². The van der Waals surface area contributed by atoms with E-state index in [9.17, 15) is 5.11 Å². The molecule has 80 valence electrons. The first-order valence-corrected chi connectivity index (χ1v) is 5.75. The Labute approximate surface area is 95.4 Å². The number of fused-ring (bicyclic) bond motifs is 1. The Bertz CT molecular complexity index is 511. The van der Waals surface area contributed by atoms with Crippen molar-refractivity contribution >= 4 is 0 Å². The standard InChI is InChI=1S/C15H14O/c16-13-9-7-12(8-10-13)15-6-2-4-11-3-1-5-14(11)15/h2,4,6-10,16H,1,3,5H2. The summed E-state index contributed by atoms with van der Waals surface area (Å²) >= 11 is 0. The molecule has 0 heterocycles. The Morgan fingerprint density at radius 2 is 1.69 bits per heavy atom. The van der Waals surface area contributed by atoms with E-state index in [0.717, 1.165) is 0 Å². The van der Waals surface area contributed by atoms with Crippen molar-refractivity contribution in [2.45, 2.75) is 19.3 Å². The summed E-state index contributed by atoms with van der Waals surface area (Å²) in [5.74, 6) is 0.330. The molecule has 1 nitrogen and oxygen atoms in total. The number of phenols is 1. The second-order valence-electron chi connectivity index (χ2n) is 4.34. The van der Waals surface area contributed by atoms with Gasteiger partial charge in [0.15, 0.2) is 0 Å². The maximum absolute atomic E-state index is 9.30. The van der Waals surface area contributed by atoms with Gasteiger partial charge < -0.3 is 5.11 Å². The first-order chi connectivity index (χ1) is 7.84. The van der Waals surface area contributed by atoms with Gasteiger partial charge in [-0.05, 0) is 53.6 Å². The number of hydrogen-bond acceptors (Lipinski definition) is 1. The summed E-state index contributed by atoms with van der Waals surface area (Å²) in [6.45, 7) is 0. The molecule has 0 amide bonds. The van der Waals surface area contributed by atoms with Crippen LogP contribution in [0.1, 0.15) is 17.5 Å². The van der Waals surface area contributed by atoms with E-state index in [1.807, 2.05) is 12.1 Å². The lowest BCUT2D eigenvalue weighted by atomic mass is 9.97. The highest BCUT2D eigenvalue weighted by Gasteiger charge is 2.14. The van der Waals surface area contributed by atoms with Gasteiger partial charge in [-0.15, -0.1) is 0 Å². The molecule has 2 aromatic rings. The van der Waals surface area contributed by atoms with Gasteiger partial charge in [0.25, 0.3) is 0 Å². The van der Waals surface area contributed by atoms with Crippen LogP contribution in [0.25, 0.3) is 11.1 Å². The summed E-state index contributed by atoms with van der Waals surface area (Å²) in [6.07, 6.45) is 3.66. The van der Waals surface area contributed by atoms with Gasteiger partial charge in [-0.2, -0.15) is 0 Å². The number of rotatable bonds is 1. The smallest absolute Gasteiger partial charge is 0.115 e. The van der Waals surface area contributed by atoms with Crippen LogP contribution in [0.2, 0.25) is 0 Å². The van der Waals surface area contributed by atoms with Crippen molar-refractivity contribution in [2.75, 3.05) is 0 Å². The number of phenolic OH excluding ortho intramolecular Hbond substituents is 1. The molecule has 1 aliphatic rings. The molecule has 0 aromatic heterocycles. The van der Waals surface area contributed by atoms with E-state index in [-0.39, 0.29) is 0 Å². The molecule has 0 spiro atoms. The van der Waals surface area contributed by atoms with Crippen molar-refractivity contribution in [3.05, 3.63) is 53.6 Å². The van der Waals surface area contributed by atoms with Gasteiger partial charge in [-0.25, -0.2) is 0 Å². The molecular formula is C15H14O. The Morgan fingerprint density at radius 1 is 0.875 bits per heavy atom. The topological polar surface area (TPSA) is 20.2 Å². The van der Waals surface area contributed by atoms with Gasteiger partial charge >= 0.3 is 0 Å². The Hall–Kier alpha value is -1.76. The van der Waals surface area contributed by atoms with E-state index >= 15 is 0 Å². The highest BCUT2D eigenvalue weighted by Crippen LogP contribution is 2.32. The minimum absolute atomic E-state index is 0.330. The van der Waals surface area contributed by atoms with Crippen LogP contribution >= 0.6 is 0 Å². The first kappa shape index (κ1) is 9.46. The molecule has 0 aliphatic heterocycles. The average Bonchev–Trinajstić information content (AvgIpc) is 2.78. The first-order valence-electron chi connectivity index (χ1n) is 5.75. The highest BCUT2D eigenvalue weighted by atomic mass is 16.3. The summed E-state index contributed by atoms with van der Waals surface area (Å²) in [7, 11) is 0. The third-order valence-corrected chi connectivity index (χ3v) is 3.32. The molecule has 0 fully saturated rings. The Balaban J connectivity index is 2.13. The zero-order valence-electron chi connectivity index (χ0n) is 9.11. The third kappa shape index (κ3) is 1.49. The van der Waals surface area contributed by atoms with Crippen LogP contribution in [-0.2, 0) is 12.8 Å². The average molecular weight is 210 g/mol. The van der Waals surface area contributed by atoms with Gasteiger partial charge in [0.1, 0.15) is 5.75 Å². The molecule has 2 aromatic carbocycles. The molecule has 0 bridgehead atoms. The number of aryl methyl sites for hydroxylation is 1. The predicted molar refractivity (Wildman–Crippen MR) is 65.6 cm³/mol. The summed E-state index contributed by atoms with van der Waals surface area (Å²) in [5.41, 5.74) is 5.52. The fourth-order valence-corrected chi connectivity index (χ4v) is 2.53. The largest absolute Gasteiger partial charge is 0.508 e. The zero-order valence-corrected chi connectivity index (χ0v) is 9.11. The van der Waals surface area contributed by atoms with Gasteiger partial charge in [0.2, 0.25) is 0 Å². The van der Waals surface area contributed by atoms with E-state index < -0.39 is 0 Å². The van der Waals surface area contributed by atoms with E-state index in [1.54, 1.807) is 12.1 Å². The van der Waals surface area contributed by atoms with Crippen LogP contribution in [-0.4, -0.2) is 5.11 Å². The van der Waals surface area contributed by atoms with Crippen molar-refractivity contribution in [3.63, 3.8) is 0 Å². The molecule has 1 N–H and O–H groups in total. The van der Waals surface area contributed by atoms with Crippen LogP contribution < -0.4 is 0 Å². The summed E-state index contributed by atoms with van der Waals surface area (Å²) < 4.78 is 0. The Morgan fingerprint density at radius 3 is 2.50 bits per heavy atom. The molecule has 0 unspecified atom stereocenters. The molecule has 3 rings (SSSR count). The fourth-order valence-electron chi connectivity index (χ4n) is 2.53. The van der Waals surface area contributed by atoms with Crippen LogP contribution in [0.3, 0.4) is 0 Å². The molecule has 0 radical (unpaired) electrons. The monoisotopic (exact) mass is 210 g/mol. The van der Waals surface area contributed by atoms with Crippen molar-refractivity contribution in [1.82, 2.24) is 0 Å². The van der Waals surface area contributed by atoms with Gasteiger partial charge in [-0.3, -0.25) is 0 Å². The lowest BCUT2D eigenvalue weighted by Gasteiger charge is -2.08. The summed E-state index contributed by atoms with van der Waals surface area (Å²) in [6, 6.07) is 14.0. The van der Waals surface area contributed by atoms with Crippen LogP contribution in [0.15, 0.2) is 42.5 Å². The van der Waals surface area contributed by atoms with Crippen LogP contribution in [0.4, 0.5) is 0 Å². The van der Waals surface area contributed by atoms with E-state index in [1.165, 1.54) is 41.5 Å². The zero-order chi connectivity index (χ0) is 11.0. The molecule has 0 saturated heterocycles. The molecule has 0 atom stereocenters. The predicted octanol–water partition coefficient (Wildman–Crippen LogP) is 3.55. The summed E-state index contributed by atoms with van der Waals surface area (Å²) in [5, 5.41) is 9.30. The lowest BCUT2D eigenvalue weighted by molar-refractivity contribution is 0.475. The minimum Gasteiger partial charge on any atom is -0.508 e. The SMILES string of the molecule is Oc1ccc(-c2cccc3c2CCC3)cc1. The van der Waals surface area contributed by atoms with E-state index in [0.29, 0.717) is 5.75 Å². The van der Waals surface area contributed by atoms with Crippen LogP contribution in [0.5, 0.6) is 5.75 Å². The second kappa shape index (κ2) is 3.67. The maximum Gasteiger partial charge on any atom is 0.115 e. The van der Waals surface area contributed by atoms with Crippen molar-refractivity contribution in [2.24, 2.45) is 0 Å². The number of benzene rings is 2. The van der Waals surface area contributed by atoms with E-state index in [2.05, 4.69) is 18.2 Å². The Kier molecular flexibility index (Phi) is 2.17. The normalized spacial score (nSPS) is 13.8. The molecule has 0 saturated carbocycles. The number of hydrogen-bond donors (Lipinski definition) is 1.